The van der Waals surface area contributed by atoms with Crippen molar-refractivity contribution in [1.82, 2.24) is 19.8 Å². The number of likely N-dealkylation sites (N-methyl/N-ethyl adjacent to an activating group) is 2. The molecule has 0 atom stereocenters. The zero-order chi connectivity index (χ0) is 29.5. The summed E-state index contributed by atoms with van der Waals surface area (Å²) in [5, 5.41) is 10.4. The molecular formula is C31H48N8O. The fraction of sp³-hybridized carbons (Fsp3) is 0.484. The maximum Gasteiger partial charge on any atom is 0.227 e. The van der Waals surface area contributed by atoms with Gasteiger partial charge in [-0.2, -0.15) is 5.11 Å². The van der Waals surface area contributed by atoms with Crippen LogP contribution in [0.15, 0.2) is 65.7 Å². The van der Waals surface area contributed by atoms with Gasteiger partial charge in [-0.15, -0.1) is 0 Å². The Morgan fingerprint density at radius 1 is 1.23 bits per heavy atom. The monoisotopic (exact) mass is 548 g/mol. The van der Waals surface area contributed by atoms with Gasteiger partial charge < -0.3 is 25.2 Å². The molecule has 9 heteroatoms. The predicted octanol–water partition coefficient (Wildman–Crippen LogP) is 6.90. The van der Waals surface area contributed by atoms with Gasteiger partial charge >= 0.3 is 0 Å². The minimum Gasteiger partial charge on any atom is -0.481 e. The van der Waals surface area contributed by atoms with E-state index in [0.717, 1.165) is 65.8 Å². The molecule has 0 amide bonds. The predicted molar refractivity (Wildman–Crippen MR) is 167 cm³/mol. The van der Waals surface area contributed by atoms with Crippen molar-refractivity contribution in [3.63, 3.8) is 0 Å². The van der Waals surface area contributed by atoms with Crippen LogP contribution in [0.5, 0.6) is 5.75 Å². The fourth-order valence-electron chi connectivity index (χ4n) is 4.72. The smallest absolute Gasteiger partial charge is 0.227 e. The summed E-state index contributed by atoms with van der Waals surface area (Å²) in [5.74, 6) is 1.28. The topological polar surface area (TPSA) is 102 Å². The van der Waals surface area contributed by atoms with Crippen molar-refractivity contribution in [2.24, 2.45) is 5.11 Å². The largest absolute Gasteiger partial charge is 0.481 e. The average Bonchev–Trinajstić information content (AvgIpc) is 2.90. The highest BCUT2D eigenvalue weighted by Crippen LogP contribution is 2.45. The number of benzene rings is 1. The lowest BCUT2D eigenvalue weighted by Gasteiger charge is -2.34. The molecule has 2 aromatic rings. The van der Waals surface area contributed by atoms with Gasteiger partial charge in [0.15, 0.2) is 0 Å². The second kappa shape index (κ2) is 13.1. The molecule has 3 N–H and O–H groups in total. The van der Waals surface area contributed by atoms with E-state index in [4.69, 9.17) is 15.3 Å². The number of rotatable bonds is 14. The van der Waals surface area contributed by atoms with Gasteiger partial charge in [0, 0.05) is 62.0 Å². The molecule has 0 fully saturated rings. The number of aromatic nitrogens is 2. The Morgan fingerprint density at radius 2 is 1.95 bits per heavy atom. The summed E-state index contributed by atoms with van der Waals surface area (Å²) in [6.45, 7) is 22.8. The molecule has 0 spiro atoms. The molecule has 0 unspecified atom stereocenters. The van der Waals surface area contributed by atoms with Crippen LogP contribution >= 0.6 is 0 Å². The highest BCUT2D eigenvalue weighted by molar-refractivity contribution is 5.77. The Hall–Kier alpha value is -3.72. The summed E-state index contributed by atoms with van der Waals surface area (Å²) in [4.78, 5) is 14.2. The third kappa shape index (κ3) is 7.47. The van der Waals surface area contributed by atoms with Gasteiger partial charge in [-0.1, -0.05) is 26.5 Å². The Balaban J connectivity index is 0.00000588. The standard InChI is InChI=1S/C31H46N8O.H2/c1-10-22(18-24(11-2)38(9)16-17-39(12-3)13-4)35-29-33-20-26-25-15-14-23(37-30(5,6)21-34-32)19-27(25)40-31(7,8)28(26)36-29;/h10-11,14-15,18-20,32,37H,2,12-13,16-17,21H2,1,3-9H3,(H,33,35,36);1H/b22-10+,24-18+,34-32?;. The van der Waals surface area contributed by atoms with Crippen molar-refractivity contribution >= 4 is 11.6 Å². The number of anilines is 2. The molecule has 2 heterocycles. The molecule has 0 saturated carbocycles. The molecule has 0 radical (unpaired) electrons. The van der Waals surface area contributed by atoms with Crippen LogP contribution in [0.25, 0.3) is 11.1 Å². The third-order valence-electron chi connectivity index (χ3n) is 7.12. The summed E-state index contributed by atoms with van der Waals surface area (Å²) in [5.41, 5.74) is 11.8. The van der Waals surface area contributed by atoms with E-state index >= 15 is 0 Å². The first kappa shape index (κ1) is 30.8. The molecule has 0 aliphatic carbocycles. The number of nitrogens with one attached hydrogen (secondary N) is 3. The van der Waals surface area contributed by atoms with Crippen LogP contribution in [-0.4, -0.2) is 65.1 Å². The minimum atomic E-state index is -0.658. The van der Waals surface area contributed by atoms with Crippen LogP contribution in [0, 0.1) is 5.53 Å². The summed E-state index contributed by atoms with van der Waals surface area (Å²) in [6, 6.07) is 6.03. The summed E-state index contributed by atoms with van der Waals surface area (Å²) < 4.78 is 6.46. The van der Waals surface area contributed by atoms with Crippen molar-refractivity contribution in [2.75, 3.05) is 50.4 Å². The average molecular weight is 549 g/mol. The number of ether oxygens (including phenoxy) is 1. The highest BCUT2D eigenvalue weighted by atomic mass is 16.5. The normalized spacial score (nSPS) is 14.6. The molecule has 0 bridgehead atoms. The van der Waals surface area contributed by atoms with Crippen LogP contribution in [0.2, 0.25) is 0 Å². The number of fused-ring (bicyclic) bond motifs is 3. The van der Waals surface area contributed by atoms with Crippen LogP contribution in [0.3, 0.4) is 0 Å². The Morgan fingerprint density at radius 3 is 2.58 bits per heavy atom. The van der Waals surface area contributed by atoms with E-state index in [0.29, 0.717) is 12.5 Å². The van der Waals surface area contributed by atoms with E-state index < -0.39 is 5.60 Å². The zero-order valence-corrected chi connectivity index (χ0v) is 25.4. The van der Waals surface area contributed by atoms with Crippen molar-refractivity contribution in [3.05, 3.63) is 66.3 Å². The minimum absolute atomic E-state index is 0. The van der Waals surface area contributed by atoms with Crippen molar-refractivity contribution in [3.8, 4) is 16.9 Å². The Kier molecular flexibility index (Phi) is 10.1. The van der Waals surface area contributed by atoms with E-state index in [1.54, 1.807) is 0 Å². The molecule has 9 nitrogen and oxygen atoms in total. The number of hydrogen-bond acceptors (Lipinski definition) is 9. The molecule has 0 saturated heterocycles. The second-order valence-electron chi connectivity index (χ2n) is 11.2. The number of allylic oxidation sites excluding steroid dienone is 3. The summed E-state index contributed by atoms with van der Waals surface area (Å²) >= 11 is 0. The second-order valence-corrected chi connectivity index (χ2v) is 11.2. The van der Waals surface area contributed by atoms with Gasteiger partial charge in [-0.3, -0.25) is 0 Å². The Bertz CT molecular complexity index is 1270. The van der Waals surface area contributed by atoms with Gasteiger partial charge in [-0.05, 0) is 72.0 Å². The lowest BCUT2D eigenvalue weighted by Crippen LogP contribution is -2.34. The van der Waals surface area contributed by atoms with E-state index in [-0.39, 0.29) is 6.97 Å². The Labute approximate surface area is 241 Å². The van der Waals surface area contributed by atoms with Crippen molar-refractivity contribution in [1.29, 1.82) is 5.53 Å². The molecule has 1 aliphatic heterocycles. The van der Waals surface area contributed by atoms with Crippen LogP contribution in [0.1, 0.15) is 55.6 Å². The van der Waals surface area contributed by atoms with Crippen molar-refractivity contribution in [2.45, 2.75) is 59.6 Å². The summed E-state index contributed by atoms with van der Waals surface area (Å²) in [6.07, 6.45) is 7.82. The van der Waals surface area contributed by atoms with E-state index in [9.17, 15) is 0 Å². The number of hydrogen-bond donors (Lipinski definition) is 3. The molecule has 218 valence electrons. The van der Waals surface area contributed by atoms with Gasteiger partial charge in [-0.25, -0.2) is 15.5 Å². The number of nitrogens with zero attached hydrogens (tertiary/aromatic N) is 5. The fourth-order valence-corrected chi connectivity index (χ4v) is 4.72. The first-order valence-corrected chi connectivity index (χ1v) is 14.0. The van der Waals surface area contributed by atoms with Gasteiger partial charge in [0.05, 0.1) is 17.8 Å². The van der Waals surface area contributed by atoms with Crippen molar-refractivity contribution < 1.29 is 6.16 Å². The molecule has 40 heavy (non-hydrogen) atoms. The molecule has 1 aliphatic rings. The maximum absolute atomic E-state index is 7.21. The first-order valence-electron chi connectivity index (χ1n) is 14.0. The van der Waals surface area contributed by atoms with Crippen LogP contribution in [0.4, 0.5) is 11.6 Å². The lowest BCUT2D eigenvalue weighted by molar-refractivity contribution is 0.101. The van der Waals surface area contributed by atoms with E-state index in [1.807, 2.05) is 71.2 Å². The molecular weight excluding hydrogens is 500 g/mol. The first-order chi connectivity index (χ1) is 19.0. The van der Waals surface area contributed by atoms with Crippen LogP contribution in [-0.2, 0) is 5.60 Å². The van der Waals surface area contributed by atoms with Crippen LogP contribution < -0.4 is 15.4 Å². The van der Waals surface area contributed by atoms with Gasteiger partial charge in [0.2, 0.25) is 5.95 Å². The van der Waals surface area contributed by atoms with Gasteiger partial charge in [0.1, 0.15) is 11.4 Å². The molecule has 1 aromatic heterocycles. The van der Waals surface area contributed by atoms with E-state index in [1.165, 1.54) is 0 Å². The third-order valence-corrected chi connectivity index (χ3v) is 7.12. The zero-order valence-electron chi connectivity index (χ0n) is 25.4. The lowest BCUT2D eigenvalue weighted by atomic mass is 9.91. The van der Waals surface area contributed by atoms with Gasteiger partial charge in [0.25, 0.3) is 0 Å². The van der Waals surface area contributed by atoms with E-state index in [2.05, 4.69) is 64.1 Å². The quantitative estimate of drug-likeness (QED) is 0.174. The molecule has 1 aromatic carbocycles. The maximum atomic E-state index is 7.21. The SMILES string of the molecule is C=C/C(=C\C(=C/C)Nc1ncc2c(n1)C(C)(C)Oc1cc(NC(C)(C)CN=N)ccc1-2)N(C)CCN(CC)CC.[HH]. The summed E-state index contributed by atoms with van der Waals surface area (Å²) in [7, 11) is 2.09. The molecule has 3 rings (SSSR count). The highest BCUT2D eigenvalue weighted by Gasteiger charge is 2.35.